The third kappa shape index (κ3) is 5.67. The van der Waals surface area contributed by atoms with Crippen LogP contribution in [-0.2, 0) is 11.2 Å². The van der Waals surface area contributed by atoms with Crippen LogP contribution in [0.1, 0.15) is 27.8 Å². The molecule has 6 heteroatoms. The molecule has 1 amide bonds. The number of carbonyl (C=O) groups is 1. The van der Waals surface area contributed by atoms with Gasteiger partial charge in [0.1, 0.15) is 17.4 Å². The zero-order valence-electron chi connectivity index (χ0n) is 18.0. The Hall–Kier alpha value is -2.88. The van der Waals surface area contributed by atoms with E-state index in [0.717, 1.165) is 31.2 Å². The number of halogens is 2. The standard InChI is InChI=1S/C26H22Br2N2O2/c1-16-8-9-24(17(2)10-16)30-26(31)20(15-29)11-18-12-23(28)21(25(13-18)32-3)14-19-6-4-5-7-22(19)27/h4-13H,14H2,1-3H3,(H,30,31)/b20-11+. The van der Waals surface area contributed by atoms with Gasteiger partial charge in [0.15, 0.2) is 0 Å². The van der Waals surface area contributed by atoms with Crippen molar-refractivity contribution in [3.8, 4) is 11.8 Å². The number of anilines is 1. The summed E-state index contributed by atoms with van der Waals surface area (Å²) >= 11 is 7.22. The van der Waals surface area contributed by atoms with Gasteiger partial charge in [0.05, 0.1) is 7.11 Å². The first-order valence-corrected chi connectivity index (χ1v) is 11.5. The summed E-state index contributed by atoms with van der Waals surface area (Å²) in [6.45, 7) is 3.91. The maximum atomic E-state index is 12.7. The van der Waals surface area contributed by atoms with Gasteiger partial charge in [0, 0.05) is 26.6 Å². The number of ether oxygens (including phenoxy) is 1. The fourth-order valence-corrected chi connectivity index (χ4v) is 4.38. The molecule has 0 saturated heterocycles. The lowest BCUT2D eigenvalue weighted by molar-refractivity contribution is -0.112. The first-order valence-electron chi connectivity index (χ1n) is 9.92. The molecular formula is C26H22Br2N2O2. The molecule has 0 spiro atoms. The number of amides is 1. The summed E-state index contributed by atoms with van der Waals surface area (Å²) in [6.07, 6.45) is 2.22. The lowest BCUT2D eigenvalue weighted by atomic mass is 10.0. The molecule has 0 aliphatic carbocycles. The number of rotatable bonds is 6. The number of aryl methyl sites for hydroxylation is 2. The van der Waals surface area contributed by atoms with Gasteiger partial charge >= 0.3 is 0 Å². The van der Waals surface area contributed by atoms with Gasteiger partial charge in [-0.25, -0.2) is 0 Å². The third-order valence-corrected chi connectivity index (χ3v) is 6.51. The van der Waals surface area contributed by atoms with Crippen LogP contribution in [-0.4, -0.2) is 13.0 Å². The predicted molar refractivity (Wildman–Crippen MR) is 136 cm³/mol. The van der Waals surface area contributed by atoms with Gasteiger partial charge in [-0.3, -0.25) is 4.79 Å². The molecule has 3 aromatic carbocycles. The van der Waals surface area contributed by atoms with Crippen molar-refractivity contribution in [1.82, 2.24) is 0 Å². The molecule has 0 aliphatic heterocycles. The van der Waals surface area contributed by atoms with Crippen LogP contribution in [0.4, 0.5) is 5.69 Å². The summed E-state index contributed by atoms with van der Waals surface area (Å²) in [5.41, 5.74) is 5.54. The minimum atomic E-state index is -0.452. The Morgan fingerprint density at radius 1 is 1.09 bits per heavy atom. The molecule has 1 N–H and O–H groups in total. The van der Waals surface area contributed by atoms with Crippen molar-refractivity contribution in [2.75, 3.05) is 12.4 Å². The Kier molecular flexibility index (Phi) is 7.89. The van der Waals surface area contributed by atoms with Gasteiger partial charge in [0.25, 0.3) is 5.91 Å². The Balaban J connectivity index is 1.90. The SMILES string of the molecule is COc1cc(/C=C(\C#N)C(=O)Nc2ccc(C)cc2C)cc(Br)c1Cc1ccccc1Br. The first-order chi connectivity index (χ1) is 15.3. The number of hydrogen-bond donors (Lipinski definition) is 1. The molecule has 0 heterocycles. The van der Waals surface area contributed by atoms with E-state index in [-0.39, 0.29) is 5.57 Å². The topological polar surface area (TPSA) is 62.1 Å². The minimum Gasteiger partial charge on any atom is -0.496 e. The van der Waals surface area contributed by atoms with Crippen molar-refractivity contribution in [2.45, 2.75) is 20.3 Å². The predicted octanol–water partition coefficient (Wildman–Crippen LogP) is 6.97. The number of benzene rings is 3. The second-order valence-corrected chi connectivity index (χ2v) is 9.10. The fourth-order valence-electron chi connectivity index (χ4n) is 3.36. The summed E-state index contributed by atoms with van der Waals surface area (Å²) in [7, 11) is 1.61. The molecule has 0 radical (unpaired) electrons. The van der Waals surface area contributed by atoms with Crippen LogP contribution in [0.25, 0.3) is 6.08 Å². The lowest BCUT2D eigenvalue weighted by Gasteiger charge is -2.14. The Morgan fingerprint density at radius 2 is 1.84 bits per heavy atom. The molecule has 0 atom stereocenters. The van der Waals surface area contributed by atoms with Crippen molar-refractivity contribution >= 4 is 49.5 Å². The molecule has 0 saturated carbocycles. The second-order valence-electron chi connectivity index (χ2n) is 7.39. The Morgan fingerprint density at radius 3 is 2.50 bits per heavy atom. The summed E-state index contributed by atoms with van der Waals surface area (Å²) in [4.78, 5) is 12.7. The van der Waals surface area contributed by atoms with Crippen LogP contribution < -0.4 is 10.1 Å². The van der Waals surface area contributed by atoms with Gasteiger partial charge in [-0.05, 0) is 60.9 Å². The zero-order valence-corrected chi connectivity index (χ0v) is 21.2. The average molecular weight is 554 g/mol. The number of hydrogen-bond acceptors (Lipinski definition) is 3. The number of nitrogens with one attached hydrogen (secondary N) is 1. The quantitative estimate of drug-likeness (QED) is 0.265. The number of methoxy groups -OCH3 is 1. The smallest absolute Gasteiger partial charge is 0.266 e. The van der Waals surface area contributed by atoms with Crippen LogP contribution in [0, 0.1) is 25.2 Å². The van der Waals surface area contributed by atoms with E-state index in [0.29, 0.717) is 23.4 Å². The summed E-state index contributed by atoms with van der Waals surface area (Å²) < 4.78 is 7.48. The zero-order chi connectivity index (χ0) is 23.3. The molecule has 0 aliphatic rings. The van der Waals surface area contributed by atoms with Gasteiger partial charge in [-0.15, -0.1) is 0 Å². The molecular weight excluding hydrogens is 532 g/mol. The van der Waals surface area contributed by atoms with Crippen LogP contribution in [0.3, 0.4) is 0 Å². The molecule has 4 nitrogen and oxygen atoms in total. The minimum absolute atomic E-state index is 0.0116. The van der Waals surface area contributed by atoms with Crippen LogP contribution in [0.5, 0.6) is 5.75 Å². The molecule has 0 bridgehead atoms. The molecule has 32 heavy (non-hydrogen) atoms. The summed E-state index contributed by atoms with van der Waals surface area (Å²) in [5.74, 6) is 0.222. The fraction of sp³-hybridized carbons (Fsp3) is 0.154. The van der Waals surface area contributed by atoms with Crippen molar-refractivity contribution in [3.63, 3.8) is 0 Å². The largest absolute Gasteiger partial charge is 0.496 e. The number of nitriles is 1. The van der Waals surface area contributed by atoms with E-state index in [4.69, 9.17) is 4.74 Å². The van der Waals surface area contributed by atoms with Crippen molar-refractivity contribution in [2.24, 2.45) is 0 Å². The highest BCUT2D eigenvalue weighted by molar-refractivity contribution is 9.10. The van der Waals surface area contributed by atoms with Crippen molar-refractivity contribution < 1.29 is 9.53 Å². The maximum Gasteiger partial charge on any atom is 0.266 e. The van der Waals surface area contributed by atoms with Crippen LogP contribution >= 0.6 is 31.9 Å². The van der Waals surface area contributed by atoms with Gasteiger partial charge in [0.2, 0.25) is 0 Å². The molecule has 0 aromatic heterocycles. The van der Waals surface area contributed by atoms with Gasteiger partial charge in [-0.1, -0.05) is 67.8 Å². The molecule has 0 fully saturated rings. The molecule has 0 unspecified atom stereocenters. The van der Waals surface area contributed by atoms with E-state index in [1.165, 1.54) is 0 Å². The van der Waals surface area contributed by atoms with Crippen molar-refractivity contribution in [3.05, 3.63) is 96.9 Å². The van der Waals surface area contributed by atoms with Gasteiger partial charge in [-0.2, -0.15) is 5.26 Å². The highest BCUT2D eigenvalue weighted by Crippen LogP contribution is 2.33. The molecule has 3 aromatic rings. The summed E-state index contributed by atoms with van der Waals surface area (Å²) in [6, 6.07) is 19.5. The first kappa shape index (κ1) is 23.8. The van der Waals surface area contributed by atoms with Gasteiger partial charge < -0.3 is 10.1 Å². The maximum absolute atomic E-state index is 12.7. The monoisotopic (exact) mass is 552 g/mol. The highest BCUT2D eigenvalue weighted by Gasteiger charge is 2.15. The van der Waals surface area contributed by atoms with E-state index >= 15 is 0 Å². The van der Waals surface area contributed by atoms with Crippen LogP contribution in [0.15, 0.2) is 69.1 Å². The van der Waals surface area contributed by atoms with Crippen LogP contribution in [0.2, 0.25) is 0 Å². The molecule has 162 valence electrons. The van der Waals surface area contributed by atoms with E-state index in [1.807, 2.05) is 68.4 Å². The Labute approximate surface area is 205 Å². The average Bonchev–Trinajstić information content (AvgIpc) is 2.76. The number of nitrogens with zero attached hydrogens (tertiary/aromatic N) is 1. The van der Waals surface area contributed by atoms with E-state index in [2.05, 4.69) is 43.2 Å². The Bertz CT molecular complexity index is 1240. The van der Waals surface area contributed by atoms with E-state index in [9.17, 15) is 10.1 Å². The lowest BCUT2D eigenvalue weighted by Crippen LogP contribution is -2.14. The second kappa shape index (κ2) is 10.6. The summed E-state index contributed by atoms with van der Waals surface area (Å²) in [5, 5.41) is 12.4. The van der Waals surface area contributed by atoms with Crippen molar-refractivity contribution in [1.29, 1.82) is 5.26 Å². The molecule has 3 rings (SSSR count). The number of carbonyl (C=O) groups excluding carboxylic acids is 1. The van der Waals surface area contributed by atoms with E-state index in [1.54, 1.807) is 13.2 Å². The highest BCUT2D eigenvalue weighted by atomic mass is 79.9. The third-order valence-electron chi connectivity index (χ3n) is 5.03. The normalized spacial score (nSPS) is 11.1. The van der Waals surface area contributed by atoms with E-state index < -0.39 is 5.91 Å².